The van der Waals surface area contributed by atoms with Crippen LogP contribution < -0.4 is 0 Å². The molecule has 0 saturated carbocycles. The van der Waals surface area contributed by atoms with Crippen molar-refractivity contribution >= 4 is 5.97 Å². The van der Waals surface area contributed by atoms with E-state index >= 15 is 0 Å². The van der Waals surface area contributed by atoms with Crippen molar-refractivity contribution in [3.8, 4) is 0 Å². The van der Waals surface area contributed by atoms with Crippen molar-refractivity contribution in [3.05, 3.63) is 48.0 Å². The predicted molar refractivity (Wildman–Crippen MR) is 76.0 cm³/mol. The third-order valence-corrected chi connectivity index (χ3v) is 2.93. The maximum atomic E-state index is 10.5. The molecular weight excluding hydrogens is 240 g/mol. The van der Waals surface area contributed by atoms with Crippen molar-refractivity contribution in [2.75, 3.05) is 6.61 Å². The molecule has 0 unspecified atom stereocenters. The first-order chi connectivity index (χ1) is 9.20. The Morgan fingerprint density at radius 1 is 1.11 bits per heavy atom. The summed E-state index contributed by atoms with van der Waals surface area (Å²) in [4.78, 5) is 10.5. The van der Waals surface area contributed by atoms with Crippen molar-refractivity contribution in [1.82, 2.24) is 0 Å². The van der Waals surface area contributed by atoms with Gasteiger partial charge >= 0.3 is 5.97 Å². The number of unbranched alkanes of at least 4 members (excludes halogenated alkanes) is 3. The fraction of sp³-hybridized carbons (Fsp3) is 0.438. The monoisotopic (exact) mass is 262 g/mol. The summed E-state index contributed by atoms with van der Waals surface area (Å²) in [6, 6.07) is 10.1. The van der Waals surface area contributed by atoms with Gasteiger partial charge in [-0.3, -0.25) is 0 Å². The average Bonchev–Trinajstić information content (AvgIpc) is 2.42. The zero-order valence-corrected chi connectivity index (χ0v) is 11.3. The number of hydrogen-bond acceptors (Lipinski definition) is 2. The molecule has 0 spiro atoms. The van der Waals surface area contributed by atoms with E-state index in [1.54, 1.807) is 0 Å². The van der Waals surface area contributed by atoms with Gasteiger partial charge in [-0.05, 0) is 24.8 Å². The van der Waals surface area contributed by atoms with Gasteiger partial charge in [-0.25, -0.2) is 4.79 Å². The summed E-state index contributed by atoms with van der Waals surface area (Å²) in [5.41, 5.74) is 1.50. The molecule has 0 heterocycles. The Bertz CT molecular complexity index is 384. The van der Waals surface area contributed by atoms with Crippen LogP contribution in [-0.4, -0.2) is 17.7 Å². The molecule has 0 radical (unpaired) electrons. The van der Waals surface area contributed by atoms with Gasteiger partial charge in [0.1, 0.15) is 0 Å². The summed E-state index contributed by atoms with van der Waals surface area (Å²) in [6.45, 7) is 4.93. The molecule has 0 bridgehead atoms. The highest BCUT2D eigenvalue weighted by molar-refractivity contribution is 5.85. The Hall–Kier alpha value is -1.61. The summed E-state index contributed by atoms with van der Waals surface area (Å²) >= 11 is 0. The Morgan fingerprint density at radius 3 is 2.47 bits per heavy atom. The first kappa shape index (κ1) is 15.4. The molecule has 1 aromatic rings. The van der Waals surface area contributed by atoms with E-state index < -0.39 is 5.97 Å². The van der Waals surface area contributed by atoms with Crippen LogP contribution in [0.15, 0.2) is 42.5 Å². The predicted octanol–water partition coefficient (Wildman–Crippen LogP) is 3.79. The van der Waals surface area contributed by atoms with Crippen LogP contribution in [-0.2, 0) is 16.1 Å². The molecule has 0 fully saturated rings. The second-order valence-electron chi connectivity index (χ2n) is 4.61. The van der Waals surface area contributed by atoms with Gasteiger partial charge in [0, 0.05) is 12.2 Å². The molecule has 0 aliphatic carbocycles. The van der Waals surface area contributed by atoms with E-state index in [1.165, 1.54) is 5.56 Å². The zero-order valence-electron chi connectivity index (χ0n) is 11.3. The highest BCUT2D eigenvalue weighted by atomic mass is 16.5. The second kappa shape index (κ2) is 9.34. The summed E-state index contributed by atoms with van der Waals surface area (Å²) in [7, 11) is 0. The zero-order chi connectivity index (χ0) is 13.9. The van der Waals surface area contributed by atoms with Gasteiger partial charge in [0.25, 0.3) is 0 Å². The van der Waals surface area contributed by atoms with Crippen molar-refractivity contribution in [2.45, 2.75) is 38.7 Å². The van der Waals surface area contributed by atoms with Gasteiger partial charge in [0.05, 0.1) is 6.61 Å². The molecule has 1 N–H and O–H groups in total. The largest absolute Gasteiger partial charge is 0.478 e. The molecule has 0 atom stereocenters. The molecule has 0 aliphatic rings. The average molecular weight is 262 g/mol. The number of carboxylic acid groups (broad SMARTS) is 1. The van der Waals surface area contributed by atoms with Gasteiger partial charge in [0.15, 0.2) is 0 Å². The molecular formula is C16H22O3. The van der Waals surface area contributed by atoms with Crippen LogP contribution in [0.5, 0.6) is 0 Å². The van der Waals surface area contributed by atoms with E-state index in [1.807, 2.05) is 18.2 Å². The van der Waals surface area contributed by atoms with Gasteiger partial charge < -0.3 is 9.84 Å². The lowest BCUT2D eigenvalue weighted by Gasteiger charge is -2.04. The summed E-state index contributed by atoms with van der Waals surface area (Å²) in [5.74, 6) is -0.883. The van der Waals surface area contributed by atoms with E-state index in [0.29, 0.717) is 18.6 Å². The number of carboxylic acids is 1. The smallest absolute Gasteiger partial charge is 0.330 e. The number of hydrogen-bond donors (Lipinski definition) is 1. The van der Waals surface area contributed by atoms with E-state index in [9.17, 15) is 4.79 Å². The maximum absolute atomic E-state index is 10.5. The Morgan fingerprint density at radius 2 is 1.79 bits per heavy atom. The fourth-order valence-electron chi connectivity index (χ4n) is 1.77. The lowest BCUT2D eigenvalue weighted by Crippen LogP contribution is -1.99. The Kier molecular flexibility index (Phi) is 7.59. The molecule has 0 amide bonds. The minimum atomic E-state index is -0.883. The maximum Gasteiger partial charge on any atom is 0.330 e. The third kappa shape index (κ3) is 7.42. The van der Waals surface area contributed by atoms with E-state index in [-0.39, 0.29) is 0 Å². The van der Waals surface area contributed by atoms with Crippen LogP contribution in [0.2, 0.25) is 0 Å². The topological polar surface area (TPSA) is 46.5 Å². The normalized spacial score (nSPS) is 10.3. The Labute approximate surface area is 114 Å². The number of carbonyl (C=O) groups is 1. The molecule has 3 nitrogen and oxygen atoms in total. The lowest BCUT2D eigenvalue weighted by molar-refractivity contribution is -0.132. The molecule has 0 saturated heterocycles. The van der Waals surface area contributed by atoms with Crippen molar-refractivity contribution < 1.29 is 14.6 Å². The summed E-state index contributed by atoms with van der Waals surface area (Å²) in [5, 5.41) is 8.64. The van der Waals surface area contributed by atoms with Crippen LogP contribution in [0.3, 0.4) is 0 Å². The quantitative estimate of drug-likeness (QED) is 0.515. The van der Waals surface area contributed by atoms with Crippen LogP contribution in [0.4, 0.5) is 0 Å². The SMILES string of the molecule is C=C(CCCCCCOCc1ccccc1)C(=O)O. The third-order valence-electron chi connectivity index (χ3n) is 2.93. The summed E-state index contributed by atoms with van der Waals surface area (Å²) < 4.78 is 5.57. The van der Waals surface area contributed by atoms with Crippen LogP contribution >= 0.6 is 0 Å². The number of rotatable bonds is 10. The molecule has 0 aromatic heterocycles. The molecule has 104 valence electrons. The van der Waals surface area contributed by atoms with Crippen LogP contribution in [0.1, 0.15) is 37.7 Å². The minimum absolute atomic E-state index is 0.306. The first-order valence-corrected chi connectivity index (χ1v) is 6.73. The van der Waals surface area contributed by atoms with E-state index in [4.69, 9.17) is 9.84 Å². The van der Waals surface area contributed by atoms with E-state index in [2.05, 4.69) is 18.7 Å². The first-order valence-electron chi connectivity index (χ1n) is 6.73. The highest BCUT2D eigenvalue weighted by Gasteiger charge is 2.02. The molecule has 1 aromatic carbocycles. The minimum Gasteiger partial charge on any atom is -0.478 e. The van der Waals surface area contributed by atoms with Crippen molar-refractivity contribution in [2.24, 2.45) is 0 Å². The number of benzene rings is 1. The van der Waals surface area contributed by atoms with E-state index in [0.717, 1.165) is 32.3 Å². The number of ether oxygens (including phenoxy) is 1. The Balaban J connectivity index is 1.92. The van der Waals surface area contributed by atoms with Gasteiger partial charge in [0.2, 0.25) is 0 Å². The lowest BCUT2D eigenvalue weighted by atomic mass is 10.1. The summed E-state index contributed by atoms with van der Waals surface area (Å²) in [6.07, 6.45) is 4.60. The van der Waals surface area contributed by atoms with Gasteiger partial charge in [-0.2, -0.15) is 0 Å². The van der Waals surface area contributed by atoms with Crippen LogP contribution in [0.25, 0.3) is 0 Å². The molecule has 19 heavy (non-hydrogen) atoms. The highest BCUT2D eigenvalue weighted by Crippen LogP contribution is 2.09. The molecule has 3 heteroatoms. The molecule has 0 aliphatic heterocycles. The number of aliphatic carboxylic acids is 1. The van der Waals surface area contributed by atoms with Crippen LogP contribution in [0, 0.1) is 0 Å². The second-order valence-corrected chi connectivity index (χ2v) is 4.61. The van der Waals surface area contributed by atoms with Crippen molar-refractivity contribution in [3.63, 3.8) is 0 Å². The standard InChI is InChI=1S/C16H22O3/c1-14(16(17)18)9-5-2-3-8-12-19-13-15-10-6-4-7-11-15/h4,6-7,10-11H,1-3,5,8-9,12-13H2,(H,17,18). The van der Waals surface area contributed by atoms with Gasteiger partial charge in [-0.15, -0.1) is 0 Å². The molecule has 1 rings (SSSR count). The fourth-order valence-corrected chi connectivity index (χ4v) is 1.77. The van der Waals surface area contributed by atoms with Crippen molar-refractivity contribution in [1.29, 1.82) is 0 Å². The van der Waals surface area contributed by atoms with Gasteiger partial charge in [-0.1, -0.05) is 49.8 Å².